The largest absolute Gasteiger partial charge is 0.325 e. The van der Waals surface area contributed by atoms with Crippen LogP contribution in [0.25, 0.3) is 0 Å². The minimum Gasteiger partial charge on any atom is -0.325 e. The molecule has 1 amide bonds. The quantitative estimate of drug-likeness (QED) is 0.878. The summed E-state index contributed by atoms with van der Waals surface area (Å²) < 4.78 is 13.6. The average Bonchev–Trinajstić information content (AvgIpc) is 2.46. The van der Waals surface area contributed by atoms with Crippen LogP contribution in [0, 0.1) is 5.82 Å². The van der Waals surface area contributed by atoms with Crippen LogP contribution >= 0.6 is 0 Å². The van der Waals surface area contributed by atoms with E-state index in [0.717, 1.165) is 5.69 Å². The number of hydrogen-bond acceptors (Lipinski definition) is 2. The predicted octanol–water partition coefficient (Wildman–Crippen LogP) is 3.12. The zero-order valence-electron chi connectivity index (χ0n) is 11.3. The van der Waals surface area contributed by atoms with E-state index in [-0.39, 0.29) is 24.3 Å². The second-order valence-electron chi connectivity index (χ2n) is 4.54. The minimum absolute atomic E-state index is 0.129. The summed E-state index contributed by atoms with van der Waals surface area (Å²) in [6.45, 7) is 1.96. The lowest BCUT2D eigenvalue weighted by Crippen LogP contribution is -2.30. The molecule has 2 aromatic rings. The van der Waals surface area contributed by atoms with E-state index in [0.29, 0.717) is 5.56 Å². The molecule has 0 aromatic heterocycles. The van der Waals surface area contributed by atoms with Gasteiger partial charge in [0.1, 0.15) is 5.82 Å². The van der Waals surface area contributed by atoms with Gasteiger partial charge in [-0.1, -0.05) is 36.4 Å². The van der Waals surface area contributed by atoms with Crippen LogP contribution in [-0.2, 0) is 4.79 Å². The molecular formula is C16H17FN2O. The van der Waals surface area contributed by atoms with Crippen molar-refractivity contribution in [1.82, 2.24) is 5.32 Å². The van der Waals surface area contributed by atoms with Gasteiger partial charge in [-0.25, -0.2) is 4.39 Å². The third-order valence-electron chi connectivity index (χ3n) is 3.00. The molecule has 2 N–H and O–H groups in total. The first-order valence-corrected chi connectivity index (χ1v) is 6.49. The van der Waals surface area contributed by atoms with Crippen molar-refractivity contribution in [2.75, 3.05) is 11.9 Å². The Labute approximate surface area is 117 Å². The number of carbonyl (C=O) groups excluding carboxylic acids is 1. The van der Waals surface area contributed by atoms with Crippen LogP contribution in [0.5, 0.6) is 0 Å². The highest BCUT2D eigenvalue weighted by atomic mass is 19.1. The summed E-state index contributed by atoms with van der Waals surface area (Å²) >= 11 is 0. The molecule has 0 fully saturated rings. The van der Waals surface area contributed by atoms with Crippen LogP contribution in [0.2, 0.25) is 0 Å². The first kappa shape index (κ1) is 14.2. The van der Waals surface area contributed by atoms with Gasteiger partial charge in [0.2, 0.25) is 5.91 Å². The van der Waals surface area contributed by atoms with Crippen molar-refractivity contribution in [1.29, 1.82) is 0 Å². The molecule has 2 rings (SSSR count). The maximum atomic E-state index is 13.6. The van der Waals surface area contributed by atoms with Gasteiger partial charge in [0.05, 0.1) is 6.54 Å². The number of anilines is 1. The second kappa shape index (κ2) is 6.82. The molecule has 0 radical (unpaired) electrons. The molecule has 20 heavy (non-hydrogen) atoms. The van der Waals surface area contributed by atoms with Crippen LogP contribution in [0.15, 0.2) is 54.6 Å². The number of para-hydroxylation sites is 1. The van der Waals surface area contributed by atoms with Gasteiger partial charge in [0.25, 0.3) is 0 Å². The number of rotatable bonds is 5. The molecule has 1 atom stereocenters. The Kier molecular flexibility index (Phi) is 4.85. The molecule has 1 unspecified atom stereocenters. The fourth-order valence-corrected chi connectivity index (χ4v) is 1.91. The molecule has 0 aliphatic carbocycles. The third kappa shape index (κ3) is 3.90. The summed E-state index contributed by atoms with van der Waals surface area (Å²) in [4.78, 5) is 11.8. The zero-order chi connectivity index (χ0) is 14.4. The van der Waals surface area contributed by atoms with Gasteiger partial charge in [-0.2, -0.15) is 0 Å². The smallest absolute Gasteiger partial charge is 0.238 e. The number of carbonyl (C=O) groups is 1. The molecule has 2 aromatic carbocycles. The first-order chi connectivity index (χ1) is 9.66. The van der Waals surface area contributed by atoms with E-state index in [4.69, 9.17) is 0 Å². The normalized spacial score (nSPS) is 11.9. The van der Waals surface area contributed by atoms with Crippen LogP contribution in [0.4, 0.5) is 10.1 Å². The molecule has 0 heterocycles. The Morgan fingerprint density at radius 1 is 1.10 bits per heavy atom. The Balaban J connectivity index is 1.86. The molecule has 0 spiro atoms. The lowest BCUT2D eigenvalue weighted by Gasteiger charge is -2.14. The number of nitrogens with one attached hydrogen (secondary N) is 2. The van der Waals surface area contributed by atoms with Gasteiger partial charge < -0.3 is 10.6 Å². The number of hydrogen-bond donors (Lipinski definition) is 2. The van der Waals surface area contributed by atoms with Gasteiger partial charge in [0.15, 0.2) is 0 Å². The molecule has 0 saturated carbocycles. The topological polar surface area (TPSA) is 41.1 Å². The monoisotopic (exact) mass is 272 g/mol. The molecule has 0 bridgehead atoms. The Morgan fingerprint density at radius 2 is 1.75 bits per heavy atom. The highest BCUT2D eigenvalue weighted by Gasteiger charge is 2.11. The maximum Gasteiger partial charge on any atom is 0.238 e. The first-order valence-electron chi connectivity index (χ1n) is 6.49. The summed E-state index contributed by atoms with van der Waals surface area (Å²) in [5, 5.41) is 5.78. The van der Waals surface area contributed by atoms with Crippen molar-refractivity contribution < 1.29 is 9.18 Å². The Morgan fingerprint density at radius 3 is 2.45 bits per heavy atom. The molecule has 0 aliphatic rings. The van der Waals surface area contributed by atoms with Gasteiger partial charge >= 0.3 is 0 Å². The molecular weight excluding hydrogens is 255 g/mol. The minimum atomic E-state index is -0.268. The van der Waals surface area contributed by atoms with Crippen LogP contribution in [0.1, 0.15) is 18.5 Å². The summed E-state index contributed by atoms with van der Waals surface area (Å²) in [7, 11) is 0. The number of amides is 1. The zero-order valence-corrected chi connectivity index (χ0v) is 11.3. The molecule has 0 saturated heterocycles. The van der Waals surface area contributed by atoms with Crippen molar-refractivity contribution in [3.63, 3.8) is 0 Å². The van der Waals surface area contributed by atoms with E-state index in [1.165, 1.54) is 6.07 Å². The SMILES string of the molecule is CC(NCC(=O)Nc1ccccc1)c1ccccc1F. The summed E-state index contributed by atoms with van der Waals surface area (Å²) in [6.07, 6.45) is 0. The molecule has 3 nitrogen and oxygen atoms in total. The highest BCUT2D eigenvalue weighted by Crippen LogP contribution is 2.15. The lowest BCUT2D eigenvalue weighted by molar-refractivity contribution is -0.115. The summed E-state index contributed by atoms with van der Waals surface area (Å²) in [6, 6.07) is 15.5. The fraction of sp³-hybridized carbons (Fsp3) is 0.188. The predicted molar refractivity (Wildman–Crippen MR) is 77.9 cm³/mol. The van der Waals surface area contributed by atoms with Crippen molar-refractivity contribution in [2.24, 2.45) is 0 Å². The van der Waals surface area contributed by atoms with Gasteiger partial charge in [-0.15, -0.1) is 0 Å². The molecule has 0 aliphatic heterocycles. The average molecular weight is 272 g/mol. The molecule has 104 valence electrons. The fourth-order valence-electron chi connectivity index (χ4n) is 1.91. The standard InChI is InChI=1S/C16H17FN2O/c1-12(14-9-5-6-10-15(14)17)18-11-16(20)19-13-7-3-2-4-8-13/h2-10,12,18H,11H2,1H3,(H,19,20). The Bertz CT molecular complexity index is 572. The maximum absolute atomic E-state index is 13.6. The van der Waals surface area contributed by atoms with Gasteiger partial charge in [-0.05, 0) is 25.1 Å². The highest BCUT2D eigenvalue weighted by molar-refractivity contribution is 5.92. The van der Waals surface area contributed by atoms with Crippen LogP contribution in [-0.4, -0.2) is 12.5 Å². The van der Waals surface area contributed by atoms with E-state index in [2.05, 4.69) is 10.6 Å². The van der Waals surface area contributed by atoms with Crippen molar-refractivity contribution in [3.05, 3.63) is 66.0 Å². The van der Waals surface area contributed by atoms with Crippen molar-refractivity contribution in [2.45, 2.75) is 13.0 Å². The van der Waals surface area contributed by atoms with Crippen LogP contribution in [0.3, 0.4) is 0 Å². The number of benzene rings is 2. The van der Waals surface area contributed by atoms with E-state index in [1.54, 1.807) is 18.2 Å². The second-order valence-corrected chi connectivity index (χ2v) is 4.54. The lowest BCUT2D eigenvalue weighted by atomic mass is 10.1. The summed E-state index contributed by atoms with van der Waals surface area (Å²) in [5.74, 6) is -0.421. The van der Waals surface area contributed by atoms with Crippen molar-refractivity contribution >= 4 is 11.6 Å². The van der Waals surface area contributed by atoms with E-state index < -0.39 is 0 Å². The number of halogens is 1. The third-order valence-corrected chi connectivity index (χ3v) is 3.00. The van der Waals surface area contributed by atoms with Crippen molar-refractivity contribution in [3.8, 4) is 0 Å². The Hall–Kier alpha value is -2.20. The van der Waals surface area contributed by atoms with E-state index in [9.17, 15) is 9.18 Å². The van der Waals surface area contributed by atoms with E-state index >= 15 is 0 Å². The summed E-state index contributed by atoms with van der Waals surface area (Å²) in [5.41, 5.74) is 1.30. The van der Waals surface area contributed by atoms with Crippen LogP contribution < -0.4 is 10.6 Å². The molecule has 4 heteroatoms. The van der Waals surface area contributed by atoms with Gasteiger partial charge in [0, 0.05) is 17.3 Å². The van der Waals surface area contributed by atoms with Gasteiger partial charge in [-0.3, -0.25) is 4.79 Å². The van der Waals surface area contributed by atoms with E-state index in [1.807, 2.05) is 37.3 Å².